The Labute approximate surface area is 86.1 Å². The molecule has 0 aromatic heterocycles. The van der Waals surface area contributed by atoms with Gasteiger partial charge in [-0.15, -0.1) is 0 Å². The number of ether oxygens (including phenoxy) is 1. The Bertz CT molecular complexity index is 128. The number of nitrogens with one attached hydrogen (secondary N) is 1. The molecule has 0 saturated heterocycles. The summed E-state index contributed by atoms with van der Waals surface area (Å²) in [4.78, 5) is 0. The van der Waals surface area contributed by atoms with Gasteiger partial charge in [0.05, 0.1) is 0 Å². The van der Waals surface area contributed by atoms with Crippen molar-refractivity contribution in [1.82, 2.24) is 5.32 Å². The first-order chi connectivity index (χ1) is 6.31. The molecule has 13 heavy (non-hydrogen) atoms. The Morgan fingerprint density at radius 1 is 1.54 bits per heavy atom. The SMILES string of the molecule is C=C(CNCC)CSCCCOC. The standard InChI is InChI=1S/C10H21NOS/c1-4-11-8-10(2)9-13-7-5-6-12-3/h11H,2,4-9H2,1,3H3. The van der Waals surface area contributed by atoms with Crippen molar-refractivity contribution in [2.75, 3.05) is 38.3 Å². The van der Waals surface area contributed by atoms with Crippen LogP contribution in [0.4, 0.5) is 0 Å². The minimum absolute atomic E-state index is 0.868. The molecule has 0 fully saturated rings. The van der Waals surface area contributed by atoms with Gasteiger partial charge in [0.2, 0.25) is 0 Å². The van der Waals surface area contributed by atoms with E-state index in [-0.39, 0.29) is 0 Å². The van der Waals surface area contributed by atoms with Gasteiger partial charge < -0.3 is 10.1 Å². The van der Waals surface area contributed by atoms with Crippen LogP contribution in [-0.4, -0.2) is 38.3 Å². The van der Waals surface area contributed by atoms with Crippen LogP contribution in [-0.2, 0) is 4.74 Å². The van der Waals surface area contributed by atoms with E-state index in [0.29, 0.717) is 0 Å². The smallest absolute Gasteiger partial charge is 0.0470 e. The van der Waals surface area contributed by atoms with Crippen LogP contribution in [0.15, 0.2) is 12.2 Å². The van der Waals surface area contributed by atoms with Gasteiger partial charge in [0.25, 0.3) is 0 Å². The zero-order valence-corrected chi connectivity index (χ0v) is 9.58. The van der Waals surface area contributed by atoms with Crippen LogP contribution in [0.5, 0.6) is 0 Å². The molecule has 0 aliphatic carbocycles. The number of hydrogen-bond donors (Lipinski definition) is 1. The van der Waals surface area contributed by atoms with Crippen LogP contribution in [0.3, 0.4) is 0 Å². The van der Waals surface area contributed by atoms with E-state index in [4.69, 9.17) is 4.74 Å². The number of methoxy groups -OCH3 is 1. The summed E-state index contributed by atoms with van der Waals surface area (Å²) in [5.74, 6) is 2.23. The minimum atomic E-state index is 0.868. The second-order valence-corrected chi connectivity index (χ2v) is 4.03. The van der Waals surface area contributed by atoms with Gasteiger partial charge in [0, 0.05) is 26.0 Å². The molecular formula is C10H21NOS. The molecule has 0 amide bonds. The summed E-state index contributed by atoms with van der Waals surface area (Å²) in [6.45, 7) is 8.95. The highest BCUT2D eigenvalue weighted by Crippen LogP contribution is 2.06. The average Bonchev–Trinajstić information content (AvgIpc) is 2.14. The Hall–Kier alpha value is 0.01000. The molecule has 0 aromatic rings. The van der Waals surface area contributed by atoms with Crippen molar-refractivity contribution in [1.29, 1.82) is 0 Å². The molecule has 3 heteroatoms. The first-order valence-corrected chi connectivity index (χ1v) is 5.90. The number of rotatable bonds is 9. The van der Waals surface area contributed by atoms with Crippen molar-refractivity contribution in [3.8, 4) is 0 Å². The molecule has 2 nitrogen and oxygen atoms in total. The summed E-state index contributed by atoms with van der Waals surface area (Å²) in [5, 5.41) is 3.26. The molecule has 0 aliphatic rings. The van der Waals surface area contributed by atoms with Crippen molar-refractivity contribution in [3.05, 3.63) is 12.2 Å². The summed E-state index contributed by atoms with van der Waals surface area (Å²) in [7, 11) is 1.74. The summed E-state index contributed by atoms with van der Waals surface area (Å²) in [6, 6.07) is 0. The fourth-order valence-electron chi connectivity index (χ4n) is 0.875. The summed E-state index contributed by atoms with van der Waals surface area (Å²) >= 11 is 1.93. The van der Waals surface area contributed by atoms with Crippen molar-refractivity contribution in [3.63, 3.8) is 0 Å². The lowest BCUT2D eigenvalue weighted by Gasteiger charge is -2.05. The lowest BCUT2D eigenvalue weighted by atomic mass is 10.3. The largest absolute Gasteiger partial charge is 0.385 e. The van der Waals surface area contributed by atoms with Crippen molar-refractivity contribution in [2.45, 2.75) is 13.3 Å². The van der Waals surface area contributed by atoms with Gasteiger partial charge in [0.1, 0.15) is 0 Å². The summed E-state index contributed by atoms with van der Waals surface area (Å²) < 4.78 is 4.97. The lowest BCUT2D eigenvalue weighted by molar-refractivity contribution is 0.200. The maximum absolute atomic E-state index is 4.97. The third kappa shape index (κ3) is 9.93. The topological polar surface area (TPSA) is 21.3 Å². The monoisotopic (exact) mass is 203 g/mol. The molecule has 0 radical (unpaired) electrons. The van der Waals surface area contributed by atoms with Crippen molar-refractivity contribution < 1.29 is 4.74 Å². The first-order valence-electron chi connectivity index (χ1n) is 4.75. The molecule has 0 aliphatic heterocycles. The van der Waals surface area contributed by atoms with E-state index < -0.39 is 0 Å². The van der Waals surface area contributed by atoms with E-state index in [1.54, 1.807) is 7.11 Å². The molecular weight excluding hydrogens is 182 g/mol. The van der Waals surface area contributed by atoms with Crippen LogP contribution < -0.4 is 5.32 Å². The summed E-state index contributed by atoms with van der Waals surface area (Å²) in [5.41, 5.74) is 1.28. The number of thioether (sulfide) groups is 1. The second-order valence-electron chi connectivity index (χ2n) is 2.93. The zero-order chi connectivity index (χ0) is 9.94. The van der Waals surface area contributed by atoms with E-state index in [9.17, 15) is 0 Å². The van der Waals surface area contributed by atoms with E-state index in [0.717, 1.165) is 31.9 Å². The van der Waals surface area contributed by atoms with Crippen LogP contribution in [0.1, 0.15) is 13.3 Å². The molecule has 0 unspecified atom stereocenters. The number of likely N-dealkylation sites (N-methyl/N-ethyl adjacent to an activating group) is 1. The van der Waals surface area contributed by atoms with Gasteiger partial charge in [-0.25, -0.2) is 0 Å². The molecule has 1 N–H and O–H groups in total. The molecule has 0 rings (SSSR count). The van der Waals surface area contributed by atoms with Gasteiger partial charge >= 0.3 is 0 Å². The number of hydrogen-bond acceptors (Lipinski definition) is 3. The van der Waals surface area contributed by atoms with E-state index >= 15 is 0 Å². The molecule has 0 spiro atoms. The molecule has 0 aromatic carbocycles. The predicted molar refractivity (Wildman–Crippen MR) is 61.5 cm³/mol. The van der Waals surface area contributed by atoms with Gasteiger partial charge in [-0.3, -0.25) is 0 Å². The van der Waals surface area contributed by atoms with E-state index in [1.807, 2.05) is 11.8 Å². The molecule has 0 saturated carbocycles. The third-order valence-electron chi connectivity index (χ3n) is 1.57. The Morgan fingerprint density at radius 3 is 2.92 bits per heavy atom. The van der Waals surface area contributed by atoms with Crippen LogP contribution in [0.25, 0.3) is 0 Å². The molecule has 0 atom stereocenters. The molecule has 78 valence electrons. The van der Waals surface area contributed by atoms with Crippen LogP contribution in [0.2, 0.25) is 0 Å². The highest BCUT2D eigenvalue weighted by atomic mass is 32.2. The minimum Gasteiger partial charge on any atom is -0.385 e. The molecule has 0 heterocycles. The van der Waals surface area contributed by atoms with Gasteiger partial charge in [0.15, 0.2) is 0 Å². The Balaban J connectivity index is 3.08. The fraction of sp³-hybridized carbons (Fsp3) is 0.800. The highest BCUT2D eigenvalue weighted by molar-refractivity contribution is 7.99. The first kappa shape index (κ1) is 13.0. The summed E-state index contributed by atoms with van der Waals surface area (Å²) in [6.07, 6.45) is 1.13. The quantitative estimate of drug-likeness (QED) is 0.457. The maximum atomic E-state index is 4.97. The zero-order valence-electron chi connectivity index (χ0n) is 8.77. The maximum Gasteiger partial charge on any atom is 0.0470 e. The Morgan fingerprint density at radius 2 is 2.31 bits per heavy atom. The fourth-order valence-corrected chi connectivity index (χ4v) is 1.73. The van der Waals surface area contributed by atoms with Gasteiger partial charge in [-0.2, -0.15) is 11.8 Å². The lowest BCUT2D eigenvalue weighted by Crippen LogP contribution is -2.16. The van der Waals surface area contributed by atoms with Gasteiger partial charge in [-0.05, 0) is 18.7 Å². The second kappa shape index (κ2) is 10.1. The van der Waals surface area contributed by atoms with Crippen LogP contribution >= 0.6 is 11.8 Å². The van der Waals surface area contributed by atoms with E-state index in [2.05, 4.69) is 18.8 Å². The highest BCUT2D eigenvalue weighted by Gasteiger charge is 1.94. The van der Waals surface area contributed by atoms with Crippen molar-refractivity contribution >= 4 is 11.8 Å². The average molecular weight is 203 g/mol. The normalized spacial score (nSPS) is 10.3. The predicted octanol–water partition coefficient (Wildman–Crippen LogP) is 1.92. The third-order valence-corrected chi connectivity index (χ3v) is 2.76. The molecule has 0 bridgehead atoms. The van der Waals surface area contributed by atoms with Crippen LogP contribution in [0, 0.1) is 0 Å². The van der Waals surface area contributed by atoms with Gasteiger partial charge in [-0.1, -0.05) is 19.1 Å². The van der Waals surface area contributed by atoms with Crippen molar-refractivity contribution in [2.24, 2.45) is 0 Å². The Kier molecular flexibility index (Phi) is 10.1. The van der Waals surface area contributed by atoms with E-state index in [1.165, 1.54) is 11.3 Å².